The molecule has 0 spiro atoms. The lowest BCUT2D eigenvalue weighted by atomic mass is 10.1. The lowest BCUT2D eigenvalue weighted by Gasteiger charge is -2.13. The van der Waals surface area contributed by atoms with E-state index in [0.717, 1.165) is 5.84 Å². The minimum Gasteiger partial charge on any atom is -0.454 e. The molecule has 1 aliphatic heterocycles. The van der Waals surface area contributed by atoms with Crippen molar-refractivity contribution in [3.8, 4) is 0 Å². The standard InChI is InChI=1S/C12H23N3O/c1-8-9(14-11(2,3)4)13-10(16-8)15-12(5,6)7/h8H,1-7H3,(H,13,14,15). The van der Waals surface area contributed by atoms with E-state index in [1.165, 1.54) is 0 Å². The fraction of sp³-hybridized carbons (Fsp3) is 0.833. The SMILES string of the molecule is CC1OC(=NC(C)(C)C)NC1=NC(C)(C)C. The van der Waals surface area contributed by atoms with Gasteiger partial charge < -0.3 is 4.74 Å². The van der Waals surface area contributed by atoms with Gasteiger partial charge in [-0.1, -0.05) is 0 Å². The van der Waals surface area contributed by atoms with Crippen molar-refractivity contribution >= 4 is 11.9 Å². The molecule has 0 aromatic rings. The van der Waals surface area contributed by atoms with Crippen LogP contribution in [0.4, 0.5) is 0 Å². The second kappa shape index (κ2) is 4.07. The van der Waals surface area contributed by atoms with Crippen molar-refractivity contribution in [2.45, 2.75) is 65.6 Å². The number of hydrogen-bond acceptors (Lipinski definition) is 3. The highest BCUT2D eigenvalue weighted by atomic mass is 16.5. The van der Waals surface area contributed by atoms with Crippen LogP contribution in [0.15, 0.2) is 9.98 Å². The molecule has 1 unspecified atom stereocenters. The molecule has 1 N–H and O–H groups in total. The summed E-state index contributed by atoms with van der Waals surface area (Å²) < 4.78 is 5.60. The van der Waals surface area contributed by atoms with E-state index in [9.17, 15) is 0 Å². The first-order valence-electron chi connectivity index (χ1n) is 5.70. The van der Waals surface area contributed by atoms with Crippen molar-refractivity contribution in [2.75, 3.05) is 0 Å². The molecular formula is C12H23N3O. The molecule has 0 bridgehead atoms. The summed E-state index contributed by atoms with van der Waals surface area (Å²) in [5, 5.41) is 3.13. The summed E-state index contributed by atoms with van der Waals surface area (Å²) in [4.78, 5) is 9.01. The minimum absolute atomic E-state index is 0.0414. The van der Waals surface area contributed by atoms with E-state index in [1.807, 2.05) is 27.7 Å². The van der Waals surface area contributed by atoms with Crippen molar-refractivity contribution in [3.63, 3.8) is 0 Å². The third-order valence-electron chi connectivity index (χ3n) is 1.80. The molecule has 16 heavy (non-hydrogen) atoms. The number of nitrogens with one attached hydrogen (secondary N) is 1. The first kappa shape index (κ1) is 13.0. The minimum atomic E-state index is -0.140. The largest absolute Gasteiger partial charge is 0.454 e. The molecule has 92 valence electrons. The highest BCUT2D eigenvalue weighted by molar-refractivity contribution is 6.05. The molecule has 1 heterocycles. The van der Waals surface area contributed by atoms with Gasteiger partial charge >= 0.3 is 0 Å². The fourth-order valence-electron chi connectivity index (χ4n) is 1.30. The summed E-state index contributed by atoms with van der Waals surface area (Å²) >= 11 is 0. The summed E-state index contributed by atoms with van der Waals surface area (Å²) in [6.07, 6.45) is -0.0414. The monoisotopic (exact) mass is 225 g/mol. The van der Waals surface area contributed by atoms with E-state index in [4.69, 9.17) is 4.74 Å². The summed E-state index contributed by atoms with van der Waals surface area (Å²) in [5.41, 5.74) is -0.240. The Morgan fingerprint density at radius 1 is 1.00 bits per heavy atom. The zero-order valence-electron chi connectivity index (χ0n) is 11.4. The van der Waals surface area contributed by atoms with Crippen LogP contribution in [0.2, 0.25) is 0 Å². The van der Waals surface area contributed by atoms with E-state index in [1.54, 1.807) is 0 Å². The third kappa shape index (κ3) is 4.21. The summed E-state index contributed by atoms with van der Waals surface area (Å²) in [6, 6.07) is 0.572. The van der Waals surface area contributed by atoms with Gasteiger partial charge in [-0.25, -0.2) is 4.99 Å². The quantitative estimate of drug-likeness (QED) is 0.688. The summed E-state index contributed by atoms with van der Waals surface area (Å²) in [6.45, 7) is 14.3. The van der Waals surface area contributed by atoms with E-state index in [2.05, 4.69) is 36.1 Å². The van der Waals surface area contributed by atoms with Gasteiger partial charge in [0.1, 0.15) is 5.84 Å². The Morgan fingerprint density at radius 2 is 1.50 bits per heavy atom. The van der Waals surface area contributed by atoms with E-state index < -0.39 is 0 Å². The van der Waals surface area contributed by atoms with Crippen molar-refractivity contribution in [1.29, 1.82) is 0 Å². The van der Waals surface area contributed by atoms with Gasteiger partial charge in [-0.2, -0.15) is 0 Å². The molecule has 0 saturated carbocycles. The van der Waals surface area contributed by atoms with Crippen LogP contribution >= 0.6 is 0 Å². The van der Waals surface area contributed by atoms with Gasteiger partial charge in [0.15, 0.2) is 6.10 Å². The number of ether oxygens (including phenoxy) is 1. The van der Waals surface area contributed by atoms with Crippen LogP contribution in [0.25, 0.3) is 0 Å². The topological polar surface area (TPSA) is 46.0 Å². The Kier molecular flexibility index (Phi) is 3.31. The second-order valence-corrected chi connectivity index (χ2v) is 6.14. The molecule has 0 amide bonds. The van der Waals surface area contributed by atoms with Gasteiger partial charge in [0, 0.05) is 0 Å². The van der Waals surface area contributed by atoms with Gasteiger partial charge in [0.2, 0.25) is 0 Å². The van der Waals surface area contributed by atoms with Crippen LogP contribution in [0.5, 0.6) is 0 Å². The highest BCUT2D eigenvalue weighted by Crippen LogP contribution is 2.14. The second-order valence-electron chi connectivity index (χ2n) is 6.14. The van der Waals surface area contributed by atoms with Crippen LogP contribution in [-0.2, 0) is 4.74 Å². The Labute approximate surface area is 98.2 Å². The fourth-order valence-corrected chi connectivity index (χ4v) is 1.30. The average Bonchev–Trinajstić information content (AvgIpc) is 2.23. The molecule has 1 rings (SSSR count). The zero-order chi connectivity index (χ0) is 12.6. The molecule has 4 heteroatoms. The third-order valence-corrected chi connectivity index (χ3v) is 1.80. The normalized spacial score (nSPS) is 27.1. The van der Waals surface area contributed by atoms with Crippen molar-refractivity contribution in [1.82, 2.24) is 5.32 Å². The van der Waals surface area contributed by atoms with Crippen LogP contribution in [0.1, 0.15) is 48.5 Å². The molecule has 0 aromatic heterocycles. The predicted molar refractivity (Wildman–Crippen MR) is 68.1 cm³/mol. The maximum Gasteiger partial charge on any atom is 0.291 e. The number of nitrogens with zero attached hydrogens (tertiary/aromatic N) is 2. The lowest BCUT2D eigenvalue weighted by molar-refractivity contribution is 0.282. The van der Waals surface area contributed by atoms with E-state index in [-0.39, 0.29) is 17.2 Å². The number of hydrogen-bond donors (Lipinski definition) is 1. The lowest BCUT2D eigenvalue weighted by Crippen LogP contribution is -2.29. The van der Waals surface area contributed by atoms with Gasteiger partial charge in [0.05, 0.1) is 11.1 Å². The molecule has 0 radical (unpaired) electrons. The first-order valence-corrected chi connectivity index (χ1v) is 5.70. The number of rotatable bonds is 0. The molecule has 1 saturated heterocycles. The van der Waals surface area contributed by atoms with Gasteiger partial charge in [-0.05, 0) is 48.5 Å². The van der Waals surface area contributed by atoms with Crippen LogP contribution in [0, 0.1) is 0 Å². The Morgan fingerprint density at radius 3 is 1.94 bits per heavy atom. The molecule has 1 aliphatic rings. The Hall–Kier alpha value is -1.06. The summed E-state index contributed by atoms with van der Waals surface area (Å²) in [7, 11) is 0. The highest BCUT2D eigenvalue weighted by Gasteiger charge is 2.27. The van der Waals surface area contributed by atoms with E-state index >= 15 is 0 Å². The molecule has 1 fully saturated rings. The van der Waals surface area contributed by atoms with Crippen LogP contribution < -0.4 is 5.32 Å². The van der Waals surface area contributed by atoms with Crippen molar-refractivity contribution in [2.24, 2.45) is 9.98 Å². The maximum atomic E-state index is 5.60. The molecule has 0 aliphatic carbocycles. The number of aliphatic imine (C=N–C) groups is 2. The molecule has 1 atom stereocenters. The Bertz CT molecular complexity index is 318. The van der Waals surface area contributed by atoms with Crippen LogP contribution in [-0.4, -0.2) is 29.0 Å². The molecule has 4 nitrogen and oxygen atoms in total. The van der Waals surface area contributed by atoms with Gasteiger partial charge in [-0.15, -0.1) is 0 Å². The van der Waals surface area contributed by atoms with Crippen molar-refractivity contribution in [3.05, 3.63) is 0 Å². The zero-order valence-corrected chi connectivity index (χ0v) is 11.4. The van der Waals surface area contributed by atoms with Gasteiger partial charge in [-0.3, -0.25) is 10.3 Å². The Balaban J connectivity index is 2.83. The summed E-state index contributed by atoms with van der Waals surface area (Å²) in [5.74, 6) is 0.857. The van der Waals surface area contributed by atoms with Crippen LogP contribution in [0.3, 0.4) is 0 Å². The van der Waals surface area contributed by atoms with Gasteiger partial charge in [0.25, 0.3) is 6.02 Å². The molecule has 0 aromatic carbocycles. The maximum absolute atomic E-state index is 5.60. The average molecular weight is 225 g/mol. The smallest absolute Gasteiger partial charge is 0.291 e. The van der Waals surface area contributed by atoms with Crippen molar-refractivity contribution < 1.29 is 4.74 Å². The van der Waals surface area contributed by atoms with E-state index in [0.29, 0.717) is 6.02 Å². The first-order chi connectivity index (χ1) is 7.07. The predicted octanol–water partition coefficient (Wildman–Crippen LogP) is 2.35. The molecular weight excluding hydrogens is 202 g/mol. The number of amidine groups is 2.